The van der Waals surface area contributed by atoms with Crippen LogP contribution in [0.5, 0.6) is 5.75 Å². The molecule has 0 bridgehead atoms. The molecule has 0 saturated carbocycles. The van der Waals surface area contributed by atoms with Crippen molar-refractivity contribution in [2.75, 3.05) is 6.61 Å². The maximum atomic E-state index is 10.7. The van der Waals surface area contributed by atoms with E-state index in [0.29, 0.717) is 11.4 Å². The summed E-state index contributed by atoms with van der Waals surface area (Å²) in [6.45, 7) is 0.204. The van der Waals surface area contributed by atoms with Gasteiger partial charge in [-0.2, -0.15) is 0 Å². The Morgan fingerprint density at radius 1 is 1.29 bits per heavy atom. The molecule has 2 heterocycles. The van der Waals surface area contributed by atoms with Gasteiger partial charge in [-0.1, -0.05) is 28.1 Å². The summed E-state index contributed by atoms with van der Waals surface area (Å²) in [5, 5.41) is 10.7. The lowest BCUT2D eigenvalue weighted by Crippen LogP contribution is -2.29. The van der Waals surface area contributed by atoms with Gasteiger partial charge >= 0.3 is 0 Å². The second-order valence-corrected chi connectivity index (χ2v) is 4.93. The van der Waals surface area contributed by atoms with E-state index in [1.165, 1.54) is 0 Å². The summed E-state index contributed by atoms with van der Waals surface area (Å²) < 4.78 is 6.40. The number of rotatable bonds is 1. The van der Waals surface area contributed by atoms with E-state index in [1.807, 2.05) is 30.3 Å². The molecule has 17 heavy (non-hydrogen) atoms. The third kappa shape index (κ3) is 1.64. The molecule has 1 aromatic heterocycles. The Labute approximate surface area is 107 Å². The lowest BCUT2D eigenvalue weighted by molar-refractivity contribution is 0.0531. The molecule has 3 nitrogen and oxygen atoms in total. The summed E-state index contributed by atoms with van der Waals surface area (Å²) in [5.41, 5.74) is 0.211. The van der Waals surface area contributed by atoms with Crippen LogP contribution in [-0.2, 0) is 5.60 Å². The molecule has 86 valence electrons. The highest BCUT2D eigenvalue weighted by atomic mass is 79.9. The fourth-order valence-electron chi connectivity index (χ4n) is 2.03. The smallest absolute Gasteiger partial charge is 0.169 e. The normalized spacial score (nSPS) is 22.0. The molecule has 1 atom stereocenters. The van der Waals surface area contributed by atoms with E-state index in [-0.39, 0.29) is 6.61 Å². The van der Waals surface area contributed by atoms with Crippen molar-refractivity contribution in [3.63, 3.8) is 0 Å². The summed E-state index contributed by atoms with van der Waals surface area (Å²) >= 11 is 3.40. The number of hydrogen-bond acceptors (Lipinski definition) is 3. The number of benzene rings is 1. The van der Waals surface area contributed by atoms with Crippen molar-refractivity contribution in [2.45, 2.75) is 5.60 Å². The average Bonchev–Trinajstić information content (AvgIpc) is 2.69. The molecular weight excluding hydrogens is 282 g/mol. The number of halogens is 1. The molecule has 0 saturated heterocycles. The first-order chi connectivity index (χ1) is 8.20. The highest BCUT2D eigenvalue weighted by molar-refractivity contribution is 9.10. The predicted molar refractivity (Wildman–Crippen MR) is 66.9 cm³/mol. The van der Waals surface area contributed by atoms with Crippen LogP contribution >= 0.6 is 15.9 Å². The Hall–Kier alpha value is -1.39. The largest absolute Gasteiger partial charge is 0.488 e. The van der Waals surface area contributed by atoms with Gasteiger partial charge in [-0.3, -0.25) is 4.98 Å². The lowest BCUT2D eigenvalue weighted by atomic mass is 9.92. The standard InChI is InChI=1S/C13H10BrNO2/c14-10-4-1-3-9(7-10)13(16)8-17-11-5-2-6-15-12(11)13/h1-7,16H,8H2. The molecule has 1 aliphatic heterocycles. The van der Waals surface area contributed by atoms with E-state index in [1.54, 1.807) is 12.3 Å². The third-order valence-electron chi connectivity index (χ3n) is 2.90. The van der Waals surface area contributed by atoms with Crippen molar-refractivity contribution in [1.29, 1.82) is 0 Å². The molecule has 1 N–H and O–H groups in total. The molecule has 2 aromatic rings. The molecule has 1 unspecified atom stereocenters. The Kier molecular flexibility index (Phi) is 2.42. The summed E-state index contributed by atoms with van der Waals surface area (Å²) in [6.07, 6.45) is 1.66. The second kappa shape index (κ2) is 3.82. The highest BCUT2D eigenvalue weighted by Crippen LogP contribution is 2.40. The maximum Gasteiger partial charge on any atom is 0.169 e. The Bertz CT molecular complexity index is 573. The second-order valence-electron chi connectivity index (χ2n) is 4.01. The first kappa shape index (κ1) is 10.7. The molecule has 4 heteroatoms. The number of pyridine rings is 1. The number of nitrogens with zero attached hydrogens (tertiary/aromatic N) is 1. The molecule has 1 aliphatic rings. The Morgan fingerprint density at radius 3 is 3.00 bits per heavy atom. The van der Waals surface area contributed by atoms with Gasteiger partial charge in [0.15, 0.2) is 5.60 Å². The number of aliphatic hydroxyl groups is 1. The fraction of sp³-hybridized carbons (Fsp3) is 0.154. The number of aromatic nitrogens is 1. The van der Waals surface area contributed by atoms with Crippen molar-refractivity contribution in [3.05, 3.63) is 58.3 Å². The molecule has 1 aromatic carbocycles. The number of hydrogen-bond donors (Lipinski definition) is 1. The van der Waals surface area contributed by atoms with Crippen LogP contribution in [0.4, 0.5) is 0 Å². The van der Waals surface area contributed by atoms with E-state index < -0.39 is 5.60 Å². The molecule has 3 rings (SSSR count). The van der Waals surface area contributed by atoms with Crippen LogP contribution in [0.3, 0.4) is 0 Å². The van der Waals surface area contributed by atoms with Crippen molar-refractivity contribution in [1.82, 2.24) is 4.98 Å². The van der Waals surface area contributed by atoms with Gasteiger partial charge < -0.3 is 9.84 Å². The molecule has 0 fully saturated rings. The predicted octanol–water partition coefficient (Wildman–Crippen LogP) is 2.47. The van der Waals surface area contributed by atoms with Gasteiger partial charge in [-0.15, -0.1) is 0 Å². The van der Waals surface area contributed by atoms with Crippen LogP contribution in [-0.4, -0.2) is 16.7 Å². The molecule has 0 amide bonds. The van der Waals surface area contributed by atoms with E-state index in [4.69, 9.17) is 4.74 Å². The van der Waals surface area contributed by atoms with E-state index >= 15 is 0 Å². The number of fused-ring (bicyclic) bond motifs is 1. The molecule has 0 aliphatic carbocycles. The van der Waals surface area contributed by atoms with Crippen LogP contribution in [0, 0.1) is 0 Å². The van der Waals surface area contributed by atoms with Crippen molar-refractivity contribution >= 4 is 15.9 Å². The monoisotopic (exact) mass is 291 g/mol. The van der Waals surface area contributed by atoms with Gasteiger partial charge in [0, 0.05) is 10.7 Å². The molecular formula is C13H10BrNO2. The van der Waals surface area contributed by atoms with Crippen LogP contribution in [0.15, 0.2) is 47.1 Å². The van der Waals surface area contributed by atoms with Crippen LogP contribution in [0.25, 0.3) is 0 Å². The van der Waals surface area contributed by atoms with E-state index in [9.17, 15) is 5.11 Å². The van der Waals surface area contributed by atoms with Crippen LogP contribution < -0.4 is 4.74 Å². The quantitative estimate of drug-likeness (QED) is 0.878. The minimum absolute atomic E-state index is 0.204. The summed E-state index contributed by atoms with van der Waals surface area (Å²) in [4.78, 5) is 4.23. The summed E-state index contributed by atoms with van der Waals surface area (Å²) in [6, 6.07) is 11.2. The van der Waals surface area contributed by atoms with Gasteiger partial charge in [0.05, 0.1) is 0 Å². The van der Waals surface area contributed by atoms with Gasteiger partial charge in [-0.05, 0) is 29.8 Å². The topological polar surface area (TPSA) is 42.4 Å². The minimum Gasteiger partial charge on any atom is -0.488 e. The summed E-state index contributed by atoms with van der Waals surface area (Å²) in [7, 11) is 0. The van der Waals surface area contributed by atoms with E-state index in [0.717, 1.165) is 10.0 Å². The zero-order valence-electron chi connectivity index (χ0n) is 8.93. The lowest BCUT2D eigenvalue weighted by Gasteiger charge is -2.20. The first-order valence-electron chi connectivity index (χ1n) is 5.27. The van der Waals surface area contributed by atoms with Crippen molar-refractivity contribution in [2.24, 2.45) is 0 Å². The van der Waals surface area contributed by atoms with Crippen molar-refractivity contribution in [3.8, 4) is 5.75 Å². The van der Waals surface area contributed by atoms with Gasteiger partial charge in [0.25, 0.3) is 0 Å². The highest BCUT2D eigenvalue weighted by Gasteiger charge is 2.41. The zero-order valence-corrected chi connectivity index (χ0v) is 10.5. The van der Waals surface area contributed by atoms with Crippen LogP contribution in [0.1, 0.15) is 11.3 Å². The van der Waals surface area contributed by atoms with E-state index in [2.05, 4.69) is 20.9 Å². The Balaban J connectivity index is 2.15. The summed E-state index contributed by atoms with van der Waals surface area (Å²) in [5.74, 6) is 0.648. The van der Waals surface area contributed by atoms with Crippen molar-refractivity contribution < 1.29 is 9.84 Å². The fourth-order valence-corrected chi connectivity index (χ4v) is 2.43. The Morgan fingerprint density at radius 2 is 2.18 bits per heavy atom. The van der Waals surface area contributed by atoms with Gasteiger partial charge in [0.2, 0.25) is 0 Å². The SMILES string of the molecule is OC1(c2cccc(Br)c2)COc2cccnc21. The third-order valence-corrected chi connectivity index (χ3v) is 3.39. The zero-order chi connectivity index (χ0) is 11.9. The maximum absolute atomic E-state index is 10.7. The average molecular weight is 292 g/mol. The first-order valence-corrected chi connectivity index (χ1v) is 6.06. The van der Waals surface area contributed by atoms with Gasteiger partial charge in [-0.25, -0.2) is 0 Å². The number of ether oxygens (including phenoxy) is 1. The van der Waals surface area contributed by atoms with Crippen LogP contribution in [0.2, 0.25) is 0 Å². The molecule has 0 radical (unpaired) electrons. The molecule has 0 spiro atoms. The van der Waals surface area contributed by atoms with Gasteiger partial charge in [0.1, 0.15) is 18.1 Å². The minimum atomic E-state index is -1.15.